The zero-order chi connectivity index (χ0) is 14.4. The van der Waals surface area contributed by atoms with Crippen molar-refractivity contribution >= 4 is 17.6 Å². The van der Waals surface area contributed by atoms with E-state index in [1.54, 1.807) is 0 Å². The molecule has 5 N–H and O–H groups in total. The van der Waals surface area contributed by atoms with E-state index in [1.807, 2.05) is 6.92 Å². The van der Waals surface area contributed by atoms with E-state index in [-0.39, 0.29) is 24.0 Å². The smallest absolute Gasteiger partial charge is 0.319 e. The molecule has 0 fully saturated rings. The minimum atomic E-state index is -0.852. The Kier molecular flexibility index (Phi) is 5.23. The van der Waals surface area contributed by atoms with Crippen LogP contribution in [0.25, 0.3) is 0 Å². The summed E-state index contributed by atoms with van der Waals surface area (Å²) in [5.74, 6) is -1.61. The number of anilines is 1. The van der Waals surface area contributed by atoms with Crippen molar-refractivity contribution in [1.82, 2.24) is 5.32 Å². The summed E-state index contributed by atoms with van der Waals surface area (Å²) in [4.78, 5) is 11.6. The first-order valence-electron chi connectivity index (χ1n) is 5.77. The van der Waals surface area contributed by atoms with Gasteiger partial charge in [0.25, 0.3) is 0 Å². The lowest BCUT2D eigenvalue weighted by atomic mass is 10.1. The number of amidine groups is 1. The van der Waals surface area contributed by atoms with Gasteiger partial charge in [-0.25, -0.2) is 13.6 Å². The van der Waals surface area contributed by atoms with Gasteiger partial charge < -0.3 is 16.4 Å². The van der Waals surface area contributed by atoms with Gasteiger partial charge in [0.2, 0.25) is 0 Å². The van der Waals surface area contributed by atoms with E-state index >= 15 is 0 Å². The molecule has 2 amide bonds. The summed E-state index contributed by atoms with van der Waals surface area (Å²) in [7, 11) is 0. The summed E-state index contributed by atoms with van der Waals surface area (Å²) < 4.78 is 26.0. The molecule has 0 saturated carbocycles. The standard InChI is InChI=1S/C12H16F2N4O/c1-2-8(6-11(15)16)17-12(19)18-10-4-3-7(13)5-9(10)14/h3-5,8H,2,6H2,1H3,(H3,15,16)(H2,17,18,19). The van der Waals surface area contributed by atoms with Crippen molar-refractivity contribution in [1.29, 1.82) is 5.41 Å². The summed E-state index contributed by atoms with van der Waals surface area (Å²) in [6.45, 7) is 1.83. The fraction of sp³-hybridized carbons (Fsp3) is 0.333. The number of nitrogens with two attached hydrogens (primary N) is 1. The van der Waals surface area contributed by atoms with Gasteiger partial charge in [0.1, 0.15) is 11.6 Å². The van der Waals surface area contributed by atoms with E-state index in [0.29, 0.717) is 12.5 Å². The van der Waals surface area contributed by atoms with E-state index in [4.69, 9.17) is 11.1 Å². The quantitative estimate of drug-likeness (QED) is 0.488. The predicted octanol–water partition coefficient (Wildman–Crippen LogP) is 2.19. The zero-order valence-electron chi connectivity index (χ0n) is 10.5. The maximum Gasteiger partial charge on any atom is 0.319 e. The normalized spacial score (nSPS) is 11.7. The summed E-state index contributed by atoms with van der Waals surface area (Å²) >= 11 is 0. The van der Waals surface area contributed by atoms with Crippen molar-refractivity contribution in [3.8, 4) is 0 Å². The van der Waals surface area contributed by atoms with E-state index in [9.17, 15) is 13.6 Å². The van der Waals surface area contributed by atoms with E-state index in [2.05, 4.69) is 10.6 Å². The Morgan fingerprint density at radius 1 is 1.47 bits per heavy atom. The lowest BCUT2D eigenvalue weighted by molar-refractivity contribution is 0.248. The second-order valence-corrected chi connectivity index (χ2v) is 4.06. The summed E-state index contributed by atoms with van der Waals surface area (Å²) in [5.41, 5.74) is 5.13. The number of amides is 2. The number of halogens is 2. The van der Waals surface area contributed by atoms with Crippen LogP contribution in [0.3, 0.4) is 0 Å². The molecule has 7 heteroatoms. The third-order valence-corrected chi connectivity index (χ3v) is 2.47. The molecule has 1 unspecified atom stereocenters. The van der Waals surface area contributed by atoms with E-state index in [0.717, 1.165) is 12.1 Å². The molecule has 1 atom stereocenters. The van der Waals surface area contributed by atoms with Gasteiger partial charge in [-0.05, 0) is 18.6 Å². The van der Waals surface area contributed by atoms with Gasteiger partial charge in [0, 0.05) is 18.5 Å². The van der Waals surface area contributed by atoms with Gasteiger partial charge in [0.05, 0.1) is 11.5 Å². The van der Waals surface area contributed by atoms with Crippen LogP contribution in [-0.2, 0) is 0 Å². The third kappa shape index (κ3) is 4.90. The molecule has 1 aromatic rings. The molecule has 0 bridgehead atoms. The molecule has 1 aromatic carbocycles. The fourth-order valence-electron chi connectivity index (χ4n) is 1.50. The topological polar surface area (TPSA) is 91.0 Å². The molecule has 0 spiro atoms. The lowest BCUT2D eigenvalue weighted by Gasteiger charge is -2.16. The van der Waals surface area contributed by atoms with Crippen LogP contribution in [0.4, 0.5) is 19.3 Å². The van der Waals surface area contributed by atoms with Gasteiger partial charge in [-0.1, -0.05) is 6.92 Å². The number of benzene rings is 1. The largest absolute Gasteiger partial charge is 0.388 e. The van der Waals surface area contributed by atoms with Gasteiger partial charge in [0.15, 0.2) is 0 Å². The van der Waals surface area contributed by atoms with Crippen molar-refractivity contribution in [3.05, 3.63) is 29.8 Å². The minimum absolute atomic E-state index is 0.0416. The molecule has 0 aromatic heterocycles. The Labute approximate surface area is 109 Å². The molecule has 19 heavy (non-hydrogen) atoms. The Morgan fingerprint density at radius 3 is 2.68 bits per heavy atom. The van der Waals surface area contributed by atoms with Gasteiger partial charge in [-0.15, -0.1) is 0 Å². The van der Waals surface area contributed by atoms with E-state index in [1.165, 1.54) is 0 Å². The molecule has 0 aliphatic carbocycles. The highest BCUT2D eigenvalue weighted by Gasteiger charge is 2.13. The highest BCUT2D eigenvalue weighted by molar-refractivity contribution is 5.90. The van der Waals surface area contributed by atoms with Gasteiger partial charge >= 0.3 is 6.03 Å². The first-order valence-corrected chi connectivity index (χ1v) is 5.77. The Balaban J connectivity index is 2.61. The molecule has 0 radical (unpaired) electrons. The molecule has 0 aliphatic rings. The SMILES string of the molecule is CCC(CC(=N)N)NC(=O)Nc1ccc(F)cc1F. The maximum atomic E-state index is 13.3. The number of urea groups is 1. The number of rotatable bonds is 5. The summed E-state index contributed by atoms with van der Waals surface area (Å²) in [5, 5.41) is 12.0. The minimum Gasteiger partial charge on any atom is -0.388 e. The molecule has 104 valence electrons. The molecule has 5 nitrogen and oxygen atoms in total. The number of hydrogen-bond donors (Lipinski definition) is 4. The molecule has 0 saturated heterocycles. The molecule has 0 aliphatic heterocycles. The van der Waals surface area contributed by atoms with Crippen LogP contribution in [0.2, 0.25) is 0 Å². The zero-order valence-corrected chi connectivity index (χ0v) is 10.5. The Morgan fingerprint density at radius 2 is 2.16 bits per heavy atom. The lowest BCUT2D eigenvalue weighted by Crippen LogP contribution is -2.40. The predicted molar refractivity (Wildman–Crippen MR) is 69.1 cm³/mol. The van der Waals surface area contributed by atoms with Crippen molar-refractivity contribution in [3.63, 3.8) is 0 Å². The number of nitrogens with one attached hydrogen (secondary N) is 3. The van der Waals surface area contributed by atoms with Crippen LogP contribution in [0.15, 0.2) is 18.2 Å². The highest BCUT2D eigenvalue weighted by Crippen LogP contribution is 2.14. The maximum absolute atomic E-state index is 13.3. The average molecular weight is 270 g/mol. The van der Waals surface area contributed by atoms with Crippen LogP contribution < -0.4 is 16.4 Å². The van der Waals surface area contributed by atoms with Crippen molar-refractivity contribution in [2.45, 2.75) is 25.8 Å². The Bertz CT molecular complexity index is 479. The Hall–Kier alpha value is -2.18. The molecule has 0 heterocycles. The fourth-order valence-corrected chi connectivity index (χ4v) is 1.50. The number of carbonyl (C=O) groups is 1. The van der Waals surface area contributed by atoms with Gasteiger partial charge in [-0.2, -0.15) is 0 Å². The molecule has 1 rings (SSSR count). The highest BCUT2D eigenvalue weighted by atomic mass is 19.1. The van der Waals surface area contributed by atoms with Crippen LogP contribution in [0.1, 0.15) is 19.8 Å². The molecular formula is C12H16F2N4O. The van der Waals surface area contributed by atoms with Crippen LogP contribution >= 0.6 is 0 Å². The second-order valence-electron chi connectivity index (χ2n) is 4.06. The first-order chi connectivity index (χ1) is 8.92. The van der Waals surface area contributed by atoms with Gasteiger partial charge in [-0.3, -0.25) is 5.41 Å². The van der Waals surface area contributed by atoms with Crippen LogP contribution in [-0.4, -0.2) is 17.9 Å². The van der Waals surface area contributed by atoms with Crippen LogP contribution in [0.5, 0.6) is 0 Å². The van der Waals surface area contributed by atoms with E-state index < -0.39 is 17.7 Å². The third-order valence-electron chi connectivity index (χ3n) is 2.47. The number of hydrogen-bond acceptors (Lipinski definition) is 2. The summed E-state index contributed by atoms with van der Waals surface area (Å²) in [6, 6.07) is 1.93. The monoisotopic (exact) mass is 270 g/mol. The summed E-state index contributed by atoms with van der Waals surface area (Å²) in [6.07, 6.45) is 0.800. The van der Waals surface area contributed by atoms with Crippen molar-refractivity contribution in [2.24, 2.45) is 5.73 Å². The molecular weight excluding hydrogens is 254 g/mol. The van der Waals surface area contributed by atoms with Crippen molar-refractivity contribution < 1.29 is 13.6 Å². The first kappa shape index (κ1) is 14.9. The average Bonchev–Trinajstić information content (AvgIpc) is 2.31. The second kappa shape index (κ2) is 6.67. The van der Waals surface area contributed by atoms with Crippen LogP contribution in [0, 0.1) is 17.0 Å². The number of carbonyl (C=O) groups excluding carboxylic acids is 1. The van der Waals surface area contributed by atoms with Crippen molar-refractivity contribution in [2.75, 3.05) is 5.32 Å².